The molecule has 0 unspecified atom stereocenters. The normalized spacial score (nSPS) is 11.4. The van der Waals surface area contributed by atoms with E-state index in [0.29, 0.717) is 34.2 Å². The average Bonchev–Trinajstić information content (AvgIpc) is 3.19. The Bertz CT molecular complexity index is 1150. The van der Waals surface area contributed by atoms with Crippen LogP contribution in [0.2, 0.25) is 0 Å². The van der Waals surface area contributed by atoms with Crippen molar-refractivity contribution in [1.29, 1.82) is 0 Å². The molecule has 0 aliphatic carbocycles. The number of sulfone groups is 1. The maximum Gasteiger partial charge on any atom is 0.321 e. The molecule has 0 aliphatic heterocycles. The second-order valence-electron chi connectivity index (χ2n) is 6.51. The first-order chi connectivity index (χ1) is 13.6. The molecule has 29 heavy (non-hydrogen) atoms. The average molecular weight is 438 g/mol. The molecule has 0 saturated heterocycles. The lowest BCUT2D eigenvalue weighted by Crippen LogP contribution is -2.30. The number of imidazole rings is 1. The highest BCUT2D eigenvalue weighted by atomic mass is 32.2. The van der Waals surface area contributed by atoms with Crippen molar-refractivity contribution in [2.75, 3.05) is 18.1 Å². The van der Waals surface area contributed by atoms with Gasteiger partial charge in [0.05, 0.1) is 22.6 Å². The number of urea groups is 1. The van der Waals surface area contributed by atoms with E-state index in [0.717, 1.165) is 18.0 Å². The van der Waals surface area contributed by atoms with E-state index in [1.54, 1.807) is 13.3 Å². The van der Waals surface area contributed by atoms with E-state index in [1.165, 1.54) is 23.5 Å². The molecule has 8 nitrogen and oxygen atoms in total. The molecule has 154 valence electrons. The number of anilines is 1. The first kappa shape index (κ1) is 20.9. The Hall–Kier alpha value is -2.79. The van der Waals surface area contributed by atoms with Crippen LogP contribution in [0.3, 0.4) is 0 Å². The zero-order valence-corrected chi connectivity index (χ0v) is 17.7. The summed E-state index contributed by atoms with van der Waals surface area (Å²) in [5, 5.41) is 5.75. The highest BCUT2D eigenvalue weighted by Crippen LogP contribution is 2.34. The van der Waals surface area contributed by atoms with Crippen LogP contribution >= 0.6 is 11.3 Å². The fourth-order valence-corrected chi connectivity index (χ4v) is 4.39. The number of carbonyl (C=O) groups is 1. The van der Waals surface area contributed by atoms with E-state index in [1.807, 2.05) is 17.8 Å². The summed E-state index contributed by atoms with van der Waals surface area (Å²) in [7, 11) is -1.76. The first-order valence-electron chi connectivity index (χ1n) is 8.62. The fraction of sp³-hybridized carbons (Fsp3) is 0.278. The van der Waals surface area contributed by atoms with Crippen LogP contribution in [-0.4, -0.2) is 41.8 Å². The Morgan fingerprint density at radius 1 is 1.34 bits per heavy atom. The summed E-state index contributed by atoms with van der Waals surface area (Å²) in [6, 6.07) is 3.51. The third kappa shape index (κ3) is 5.18. The molecule has 3 rings (SSSR count). The van der Waals surface area contributed by atoms with Gasteiger partial charge in [-0.15, -0.1) is 0 Å². The van der Waals surface area contributed by atoms with Gasteiger partial charge in [-0.2, -0.15) is 0 Å². The lowest BCUT2D eigenvalue weighted by Gasteiger charge is -2.04. The second kappa shape index (κ2) is 8.29. The minimum absolute atomic E-state index is 0.353. The van der Waals surface area contributed by atoms with Gasteiger partial charge < -0.3 is 9.88 Å². The lowest BCUT2D eigenvalue weighted by atomic mass is 10.1. The minimum Gasteiger partial charge on any atom is -0.340 e. The van der Waals surface area contributed by atoms with Crippen molar-refractivity contribution in [3.8, 4) is 10.4 Å². The molecule has 1 aromatic carbocycles. The maximum atomic E-state index is 14.2. The molecule has 0 atom stereocenters. The number of nitrogens with one attached hydrogen (secondary N) is 2. The molecule has 0 spiro atoms. The zero-order valence-electron chi connectivity index (χ0n) is 16.1. The van der Waals surface area contributed by atoms with Crippen molar-refractivity contribution in [2.45, 2.75) is 18.2 Å². The molecule has 0 fully saturated rings. The van der Waals surface area contributed by atoms with E-state index in [9.17, 15) is 17.6 Å². The molecule has 0 saturated carbocycles. The summed E-state index contributed by atoms with van der Waals surface area (Å²) in [6.45, 7) is 2.15. The predicted molar refractivity (Wildman–Crippen MR) is 109 cm³/mol. The highest BCUT2D eigenvalue weighted by molar-refractivity contribution is 7.90. The van der Waals surface area contributed by atoms with Crippen LogP contribution in [0.5, 0.6) is 0 Å². The molecule has 0 aliphatic rings. The summed E-state index contributed by atoms with van der Waals surface area (Å²) in [5.74, 6) is -0.820. The summed E-state index contributed by atoms with van der Waals surface area (Å²) in [5.41, 5.74) is 1.97. The third-order valence-electron chi connectivity index (χ3n) is 4.04. The van der Waals surface area contributed by atoms with Crippen molar-refractivity contribution in [2.24, 2.45) is 7.05 Å². The number of thiazole rings is 1. The van der Waals surface area contributed by atoms with E-state index in [2.05, 4.69) is 20.6 Å². The Labute approximate surface area is 171 Å². The van der Waals surface area contributed by atoms with Crippen LogP contribution in [0.1, 0.15) is 11.4 Å². The van der Waals surface area contributed by atoms with Gasteiger partial charge in [0, 0.05) is 32.5 Å². The fourth-order valence-electron chi connectivity index (χ4n) is 2.70. The molecule has 11 heteroatoms. The molecular weight excluding hydrogens is 417 g/mol. The number of aromatic nitrogens is 3. The number of rotatable bonds is 6. The van der Waals surface area contributed by atoms with E-state index < -0.39 is 21.7 Å². The standard InChI is InChI=1S/C18H20FN5O3S2/c1-11-16(12-4-5-15(14(19)8-12)29(3,26)27)28-18(22-11)23-17(25)20-7-6-13-9-24(2)10-21-13/h4-5,8-10H,6-7H2,1-3H3,(H2,20,22,23,25). The van der Waals surface area contributed by atoms with Crippen LogP contribution in [0.4, 0.5) is 14.3 Å². The van der Waals surface area contributed by atoms with Crippen molar-refractivity contribution in [1.82, 2.24) is 19.9 Å². The number of carbonyl (C=O) groups excluding carboxylic acids is 1. The number of hydrogen-bond donors (Lipinski definition) is 2. The van der Waals surface area contributed by atoms with E-state index in [-0.39, 0.29) is 4.90 Å². The number of hydrogen-bond acceptors (Lipinski definition) is 6. The number of benzene rings is 1. The van der Waals surface area contributed by atoms with Crippen LogP contribution in [-0.2, 0) is 23.3 Å². The van der Waals surface area contributed by atoms with Gasteiger partial charge in [-0.3, -0.25) is 5.32 Å². The Kier molecular flexibility index (Phi) is 5.99. The smallest absolute Gasteiger partial charge is 0.321 e. The monoisotopic (exact) mass is 437 g/mol. The highest BCUT2D eigenvalue weighted by Gasteiger charge is 2.17. The van der Waals surface area contributed by atoms with Crippen LogP contribution in [0.15, 0.2) is 35.6 Å². The Morgan fingerprint density at radius 2 is 2.10 bits per heavy atom. The van der Waals surface area contributed by atoms with Gasteiger partial charge in [0.2, 0.25) is 0 Å². The topological polar surface area (TPSA) is 106 Å². The lowest BCUT2D eigenvalue weighted by molar-refractivity contribution is 0.252. The number of amides is 2. The zero-order chi connectivity index (χ0) is 21.2. The van der Waals surface area contributed by atoms with Gasteiger partial charge >= 0.3 is 6.03 Å². The van der Waals surface area contributed by atoms with Crippen molar-refractivity contribution >= 4 is 32.3 Å². The molecular formula is C18H20FN5O3S2. The quantitative estimate of drug-likeness (QED) is 0.617. The van der Waals surface area contributed by atoms with Crippen molar-refractivity contribution < 1.29 is 17.6 Å². The molecule has 2 N–H and O–H groups in total. The van der Waals surface area contributed by atoms with Gasteiger partial charge in [-0.1, -0.05) is 17.4 Å². The molecule has 2 amide bonds. The van der Waals surface area contributed by atoms with Crippen LogP contribution < -0.4 is 10.6 Å². The molecule has 0 bridgehead atoms. The summed E-state index contributed by atoms with van der Waals surface area (Å²) < 4.78 is 39.1. The molecule has 2 aromatic heterocycles. The van der Waals surface area contributed by atoms with Gasteiger partial charge in [0.25, 0.3) is 0 Å². The largest absolute Gasteiger partial charge is 0.340 e. The van der Waals surface area contributed by atoms with Crippen LogP contribution in [0.25, 0.3) is 10.4 Å². The van der Waals surface area contributed by atoms with Crippen LogP contribution in [0, 0.1) is 12.7 Å². The van der Waals surface area contributed by atoms with Gasteiger partial charge in [-0.05, 0) is 24.6 Å². The molecule has 3 aromatic rings. The SMILES string of the molecule is Cc1nc(NC(=O)NCCc2cn(C)cn2)sc1-c1ccc(S(C)(=O)=O)c(F)c1. The van der Waals surface area contributed by atoms with E-state index in [4.69, 9.17) is 0 Å². The van der Waals surface area contributed by atoms with Crippen molar-refractivity contribution in [3.05, 3.63) is 47.9 Å². The van der Waals surface area contributed by atoms with Crippen molar-refractivity contribution in [3.63, 3.8) is 0 Å². The molecule has 2 heterocycles. The van der Waals surface area contributed by atoms with E-state index >= 15 is 0 Å². The number of halogens is 1. The third-order valence-corrected chi connectivity index (χ3v) is 6.29. The summed E-state index contributed by atoms with van der Waals surface area (Å²) in [4.78, 5) is 20.8. The first-order valence-corrected chi connectivity index (χ1v) is 11.3. The number of aryl methyl sites for hydroxylation is 2. The van der Waals surface area contributed by atoms with Gasteiger partial charge in [-0.25, -0.2) is 27.6 Å². The summed E-state index contributed by atoms with van der Waals surface area (Å²) in [6.07, 6.45) is 5.13. The Morgan fingerprint density at radius 3 is 2.72 bits per heavy atom. The van der Waals surface area contributed by atoms with Gasteiger partial charge in [0.1, 0.15) is 10.7 Å². The molecule has 0 radical (unpaired) electrons. The predicted octanol–water partition coefficient (Wildman–Crippen LogP) is 2.76. The maximum absolute atomic E-state index is 14.2. The van der Waals surface area contributed by atoms with Gasteiger partial charge in [0.15, 0.2) is 15.0 Å². The Balaban J connectivity index is 1.65. The summed E-state index contributed by atoms with van der Waals surface area (Å²) >= 11 is 1.18. The number of nitrogens with zero attached hydrogens (tertiary/aromatic N) is 3. The minimum atomic E-state index is -3.64. The second-order valence-corrected chi connectivity index (χ2v) is 9.50.